The molecule has 2 saturated heterocycles. The Bertz CT molecular complexity index is 804. The number of amides is 1. The van der Waals surface area contributed by atoms with Crippen molar-refractivity contribution < 1.29 is 34.4 Å². The number of nitrogens with one attached hydrogen (secondary N) is 2. The highest BCUT2D eigenvalue weighted by molar-refractivity contribution is 6.25. The van der Waals surface area contributed by atoms with E-state index in [0.29, 0.717) is 36.4 Å². The number of nitrogens with two attached hydrogens (primary N) is 1. The van der Waals surface area contributed by atoms with Gasteiger partial charge in [0, 0.05) is 44.0 Å². The number of nitrogens with zero attached hydrogens (tertiary/aromatic N) is 1. The molecule has 4 rings (SSSR count). The van der Waals surface area contributed by atoms with Crippen LogP contribution in [0.15, 0.2) is 22.5 Å². The molecule has 0 bridgehead atoms. The molecule has 2 fully saturated rings. The molecular weight excluding hydrogens is 384 g/mol. The lowest BCUT2D eigenvalue weighted by molar-refractivity contribution is -0.137. The Kier molecular flexibility index (Phi) is 5.68. The summed E-state index contributed by atoms with van der Waals surface area (Å²) >= 11 is 0. The number of rotatable bonds is 6. The molecule has 3 aliphatic heterocycles. The minimum absolute atomic E-state index is 0.00395. The number of hydrogen-bond donors (Lipinski definition) is 6. The number of fused-ring (bicyclic) bond motifs is 4. The molecule has 4 aliphatic rings. The van der Waals surface area contributed by atoms with Gasteiger partial charge in [-0.25, -0.2) is 4.79 Å². The molecule has 11 nitrogen and oxygen atoms in total. The van der Waals surface area contributed by atoms with Crippen molar-refractivity contribution in [2.75, 3.05) is 33.4 Å². The standard InChI is InChI=1S/C17H23N3O5.CH3NO2/c1-8-12(18-4-3-5-21)15(24)11-9(7-22)17(25-2)16-10(19-16)6-20(17)13(11)14(8)23;2-1(3)4/h9-10,16,18-19,21-22H,3-7H2,1-2H3;2H2,(H,3,4). The number of piperazine rings is 1. The van der Waals surface area contributed by atoms with Crippen LogP contribution in [0.4, 0.5) is 4.79 Å². The first-order chi connectivity index (χ1) is 13.8. The van der Waals surface area contributed by atoms with Gasteiger partial charge in [0.15, 0.2) is 5.72 Å². The summed E-state index contributed by atoms with van der Waals surface area (Å²) in [4.78, 5) is 36.8. The highest BCUT2D eigenvalue weighted by Crippen LogP contribution is 2.55. The number of carbonyl (C=O) groups is 3. The van der Waals surface area contributed by atoms with Crippen molar-refractivity contribution in [1.82, 2.24) is 15.5 Å². The van der Waals surface area contributed by atoms with Gasteiger partial charge >= 0.3 is 6.09 Å². The molecule has 7 N–H and O–H groups in total. The molecule has 0 spiro atoms. The molecule has 1 amide bonds. The smallest absolute Gasteiger partial charge is 0.402 e. The zero-order chi connectivity index (χ0) is 21.5. The minimum Gasteiger partial charge on any atom is -0.465 e. The number of hydrogen-bond acceptors (Lipinski definition) is 9. The van der Waals surface area contributed by atoms with Crippen LogP contribution in [0.5, 0.6) is 0 Å². The van der Waals surface area contributed by atoms with Gasteiger partial charge in [-0.15, -0.1) is 0 Å². The number of carbonyl (C=O) groups excluding carboxylic acids is 2. The summed E-state index contributed by atoms with van der Waals surface area (Å²) in [5.41, 5.74) is 4.52. The van der Waals surface area contributed by atoms with Crippen molar-refractivity contribution in [3.8, 4) is 0 Å². The Morgan fingerprint density at radius 2 is 2.03 bits per heavy atom. The van der Waals surface area contributed by atoms with E-state index in [2.05, 4.69) is 16.4 Å². The third-order valence-electron chi connectivity index (χ3n) is 5.86. The fourth-order valence-electron chi connectivity index (χ4n) is 4.65. The molecule has 0 radical (unpaired) electrons. The number of Topliss-reactive ketones (excluding diaryl/α,β-unsaturated/α-hetero) is 2. The summed E-state index contributed by atoms with van der Waals surface area (Å²) in [6.07, 6.45) is -0.852. The van der Waals surface area contributed by atoms with Crippen molar-refractivity contribution in [2.24, 2.45) is 11.7 Å². The van der Waals surface area contributed by atoms with E-state index < -0.39 is 17.7 Å². The van der Waals surface area contributed by atoms with Crippen LogP contribution >= 0.6 is 0 Å². The van der Waals surface area contributed by atoms with E-state index >= 15 is 0 Å². The Morgan fingerprint density at radius 3 is 2.59 bits per heavy atom. The summed E-state index contributed by atoms with van der Waals surface area (Å²) in [6.45, 7) is 2.37. The zero-order valence-electron chi connectivity index (χ0n) is 16.3. The maximum absolute atomic E-state index is 13.1. The molecular formula is C18H26N4O7. The van der Waals surface area contributed by atoms with Crippen molar-refractivity contribution in [3.05, 3.63) is 22.5 Å². The maximum Gasteiger partial charge on any atom is 0.402 e. The number of allylic oxidation sites excluding steroid dienone is 2. The average molecular weight is 410 g/mol. The molecule has 0 saturated carbocycles. The van der Waals surface area contributed by atoms with Crippen molar-refractivity contribution in [2.45, 2.75) is 31.2 Å². The predicted octanol–water partition coefficient (Wildman–Crippen LogP) is -2.12. The Labute approximate surface area is 167 Å². The lowest BCUT2D eigenvalue weighted by Crippen LogP contribution is -2.54. The van der Waals surface area contributed by atoms with Crippen molar-refractivity contribution in [1.29, 1.82) is 0 Å². The summed E-state index contributed by atoms with van der Waals surface area (Å²) in [5.74, 6) is -1.02. The van der Waals surface area contributed by atoms with Crippen molar-refractivity contribution in [3.63, 3.8) is 0 Å². The van der Waals surface area contributed by atoms with Gasteiger partial charge in [-0.3, -0.25) is 9.59 Å². The SMILES string of the molecule is COC12C(CO)C3=C(C(=O)C(C)=C(NCCCO)C3=O)N1CC1NC12.NC(=O)O. The predicted molar refractivity (Wildman–Crippen MR) is 99.4 cm³/mol. The van der Waals surface area contributed by atoms with Gasteiger partial charge in [0.25, 0.3) is 0 Å². The van der Waals surface area contributed by atoms with Crippen LogP contribution in [-0.4, -0.2) is 89.1 Å². The van der Waals surface area contributed by atoms with Crippen LogP contribution in [0.2, 0.25) is 0 Å². The number of methoxy groups -OCH3 is 1. The number of carboxylic acid groups (broad SMARTS) is 1. The fraction of sp³-hybridized carbons (Fsp3) is 0.611. The quantitative estimate of drug-likeness (QED) is 0.161. The van der Waals surface area contributed by atoms with E-state index in [1.54, 1.807) is 14.0 Å². The van der Waals surface area contributed by atoms with Crippen LogP contribution < -0.4 is 16.4 Å². The van der Waals surface area contributed by atoms with Gasteiger partial charge < -0.3 is 41.3 Å². The fourth-order valence-corrected chi connectivity index (χ4v) is 4.65. The van der Waals surface area contributed by atoms with Gasteiger partial charge in [-0.05, 0) is 13.3 Å². The molecule has 4 atom stereocenters. The van der Waals surface area contributed by atoms with Crippen LogP contribution in [0, 0.1) is 5.92 Å². The van der Waals surface area contributed by atoms with Gasteiger partial charge in [0.1, 0.15) is 0 Å². The van der Waals surface area contributed by atoms with E-state index in [1.807, 2.05) is 4.90 Å². The second-order valence-electron chi connectivity index (χ2n) is 7.32. The summed E-state index contributed by atoms with van der Waals surface area (Å²) in [6, 6.07) is 0.228. The van der Waals surface area contributed by atoms with Gasteiger partial charge in [0.2, 0.25) is 11.6 Å². The molecule has 3 heterocycles. The number of aliphatic hydroxyl groups excluding tert-OH is 2. The minimum atomic E-state index is -1.33. The molecule has 11 heteroatoms. The Morgan fingerprint density at radius 1 is 1.38 bits per heavy atom. The molecule has 0 aromatic carbocycles. The maximum atomic E-state index is 13.1. The van der Waals surface area contributed by atoms with Crippen LogP contribution in [-0.2, 0) is 14.3 Å². The molecule has 4 unspecified atom stereocenters. The van der Waals surface area contributed by atoms with E-state index in [-0.39, 0.29) is 42.6 Å². The lowest BCUT2D eigenvalue weighted by atomic mass is 9.82. The second-order valence-corrected chi connectivity index (χ2v) is 7.32. The monoisotopic (exact) mass is 410 g/mol. The topological polar surface area (TPSA) is 184 Å². The molecule has 160 valence electrons. The Balaban J connectivity index is 0.000000552. The first kappa shape index (κ1) is 21.2. The largest absolute Gasteiger partial charge is 0.465 e. The highest BCUT2D eigenvalue weighted by Gasteiger charge is 2.72. The number of aliphatic hydroxyl groups is 2. The molecule has 0 aromatic rings. The average Bonchev–Trinajstić information content (AvgIpc) is 3.28. The van der Waals surface area contributed by atoms with Gasteiger partial charge in [-0.1, -0.05) is 0 Å². The summed E-state index contributed by atoms with van der Waals surface area (Å²) < 4.78 is 5.82. The first-order valence-electron chi connectivity index (χ1n) is 9.33. The van der Waals surface area contributed by atoms with E-state index in [1.165, 1.54) is 0 Å². The zero-order valence-corrected chi connectivity index (χ0v) is 16.3. The second kappa shape index (κ2) is 7.75. The van der Waals surface area contributed by atoms with Crippen LogP contribution in [0.3, 0.4) is 0 Å². The summed E-state index contributed by atoms with van der Waals surface area (Å²) in [5, 5.41) is 32.5. The normalized spacial score (nSPS) is 31.9. The van der Waals surface area contributed by atoms with Gasteiger partial charge in [0.05, 0.1) is 30.0 Å². The molecule has 1 aliphatic carbocycles. The van der Waals surface area contributed by atoms with E-state index in [4.69, 9.17) is 19.7 Å². The van der Waals surface area contributed by atoms with E-state index in [9.17, 15) is 14.7 Å². The number of primary amides is 1. The van der Waals surface area contributed by atoms with Crippen LogP contribution in [0.25, 0.3) is 0 Å². The molecule has 29 heavy (non-hydrogen) atoms. The molecule has 0 aromatic heterocycles. The summed E-state index contributed by atoms with van der Waals surface area (Å²) in [7, 11) is 1.56. The lowest BCUT2D eigenvalue weighted by Gasteiger charge is -2.39. The number of ether oxygens (including phenoxy) is 1. The van der Waals surface area contributed by atoms with E-state index in [0.717, 1.165) is 0 Å². The van der Waals surface area contributed by atoms with Crippen molar-refractivity contribution >= 4 is 17.7 Å². The highest BCUT2D eigenvalue weighted by atomic mass is 16.5. The van der Waals surface area contributed by atoms with Gasteiger partial charge in [-0.2, -0.15) is 0 Å². The first-order valence-corrected chi connectivity index (χ1v) is 9.33. The third kappa shape index (κ3) is 3.10. The number of ketones is 2. The Hall–Kier alpha value is -2.47. The van der Waals surface area contributed by atoms with Crippen LogP contribution in [0.1, 0.15) is 13.3 Å². The third-order valence-corrected chi connectivity index (χ3v) is 5.86.